The topological polar surface area (TPSA) is 75.3 Å². The van der Waals surface area contributed by atoms with E-state index in [1.165, 1.54) is 5.56 Å². The van der Waals surface area contributed by atoms with Gasteiger partial charge in [0.2, 0.25) is 0 Å². The second kappa shape index (κ2) is 5.53. The van der Waals surface area contributed by atoms with Crippen LogP contribution in [0, 0.1) is 0 Å². The number of nitrogens with one attached hydrogen (secondary N) is 1. The van der Waals surface area contributed by atoms with Gasteiger partial charge in [-0.15, -0.1) is 11.8 Å². The Balaban J connectivity index is 1.89. The maximum Gasteiger partial charge on any atom is 0.321 e. The number of hydrogen-bond donors (Lipinski definition) is 3. The van der Waals surface area contributed by atoms with Gasteiger partial charge in [0.15, 0.2) is 0 Å². The summed E-state index contributed by atoms with van der Waals surface area (Å²) < 4.78 is 0. The van der Waals surface area contributed by atoms with E-state index in [0.717, 1.165) is 6.42 Å². The van der Waals surface area contributed by atoms with Crippen LogP contribution in [0.3, 0.4) is 0 Å². The first-order valence-electron chi connectivity index (χ1n) is 5.57. The van der Waals surface area contributed by atoms with Crippen LogP contribution >= 0.6 is 11.8 Å². The Morgan fingerprint density at radius 3 is 2.82 bits per heavy atom. The molecule has 0 radical (unpaired) electrons. The Morgan fingerprint density at radius 1 is 1.53 bits per heavy atom. The van der Waals surface area contributed by atoms with Crippen LogP contribution in [0.2, 0.25) is 0 Å². The van der Waals surface area contributed by atoms with Crippen molar-refractivity contribution in [3.05, 3.63) is 35.9 Å². The number of hydrogen-bond acceptors (Lipinski definition) is 4. The van der Waals surface area contributed by atoms with Crippen LogP contribution in [-0.4, -0.2) is 34.3 Å². The molecule has 1 heterocycles. The number of thioether (sulfide) groups is 1. The van der Waals surface area contributed by atoms with Crippen LogP contribution in [-0.2, 0) is 11.2 Å². The molecule has 0 aromatic heterocycles. The lowest BCUT2D eigenvalue weighted by molar-refractivity contribution is -0.138. The predicted molar refractivity (Wildman–Crippen MR) is 68.9 cm³/mol. The zero-order chi connectivity index (χ0) is 12.3. The molecule has 1 unspecified atom stereocenters. The minimum Gasteiger partial charge on any atom is -0.480 e. The highest BCUT2D eigenvalue weighted by atomic mass is 32.2. The summed E-state index contributed by atoms with van der Waals surface area (Å²) in [6.07, 6.45) is 0.762. The van der Waals surface area contributed by atoms with Gasteiger partial charge in [-0.2, -0.15) is 0 Å². The number of aliphatic carboxylic acids is 1. The number of carbonyl (C=O) groups is 1. The first-order valence-corrected chi connectivity index (χ1v) is 6.61. The van der Waals surface area contributed by atoms with Gasteiger partial charge >= 0.3 is 5.97 Å². The fourth-order valence-corrected chi connectivity index (χ4v) is 3.12. The Morgan fingerprint density at radius 2 is 2.24 bits per heavy atom. The van der Waals surface area contributed by atoms with E-state index in [1.807, 2.05) is 30.3 Å². The third-order valence-electron chi connectivity index (χ3n) is 2.81. The lowest BCUT2D eigenvalue weighted by atomic mass is 10.1. The van der Waals surface area contributed by atoms with Crippen LogP contribution in [0.25, 0.3) is 0 Å². The Labute approximate surface area is 105 Å². The summed E-state index contributed by atoms with van der Waals surface area (Å²) in [6.45, 7) is 0. The van der Waals surface area contributed by atoms with E-state index in [-0.39, 0.29) is 11.4 Å². The molecule has 3 atom stereocenters. The lowest BCUT2D eigenvalue weighted by Crippen LogP contribution is -2.46. The molecule has 4 nitrogen and oxygen atoms in total. The van der Waals surface area contributed by atoms with Crippen molar-refractivity contribution in [1.29, 1.82) is 0 Å². The number of carboxylic acid groups (broad SMARTS) is 1. The van der Waals surface area contributed by atoms with E-state index in [9.17, 15) is 4.79 Å². The largest absolute Gasteiger partial charge is 0.480 e. The molecular formula is C12H16N2O2S. The van der Waals surface area contributed by atoms with Crippen LogP contribution in [0.5, 0.6) is 0 Å². The smallest absolute Gasteiger partial charge is 0.321 e. The van der Waals surface area contributed by atoms with Crippen LogP contribution < -0.4 is 11.1 Å². The number of carboxylic acids is 1. The summed E-state index contributed by atoms with van der Waals surface area (Å²) in [6, 6.07) is 9.48. The van der Waals surface area contributed by atoms with Crippen molar-refractivity contribution in [2.75, 3.05) is 5.75 Å². The van der Waals surface area contributed by atoms with Gasteiger partial charge in [-0.25, -0.2) is 0 Å². The van der Waals surface area contributed by atoms with Gasteiger partial charge in [0.1, 0.15) is 6.04 Å². The maximum atomic E-state index is 10.8. The van der Waals surface area contributed by atoms with Gasteiger partial charge in [0.25, 0.3) is 0 Å². The fourth-order valence-electron chi connectivity index (χ4n) is 1.88. The lowest BCUT2D eigenvalue weighted by Gasteiger charge is -2.19. The number of benzene rings is 1. The van der Waals surface area contributed by atoms with E-state index in [1.54, 1.807) is 11.8 Å². The van der Waals surface area contributed by atoms with Crippen molar-refractivity contribution in [3.63, 3.8) is 0 Å². The van der Waals surface area contributed by atoms with Gasteiger partial charge in [0.05, 0.1) is 5.37 Å². The minimum absolute atomic E-state index is 0.0244. The predicted octanol–water partition coefficient (Wildman–Crippen LogP) is 0.672. The van der Waals surface area contributed by atoms with E-state index < -0.39 is 12.0 Å². The first kappa shape index (κ1) is 12.4. The van der Waals surface area contributed by atoms with E-state index in [4.69, 9.17) is 10.8 Å². The van der Waals surface area contributed by atoms with Crippen molar-refractivity contribution in [1.82, 2.24) is 5.32 Å². The van der Waals surface area contributed by atoms with Gasteiger partial charge < -0.3 is 10.8 Å². The standard InChI is InChI=1S/C12H16N2O2S/c13-9(6-8-4-2-1-3-5-8)11-14-10(7-17-11)12(15)16/h1-5,9-11,14H,6-7,13H2,(H,15,16)/t9-,10-,11?/m0/s1. The average molecular weight is 252 g/mol. The molecule has 1 aromatic carbocycles. The Kier molecular flexibility index (Phi) is 4.04. The molecule has 1 aliphatic heterocycles. The fraction of sp³-hybridized carbons (Fsp3) is 0.417. The Bertz CT molecular complexity index is 385. The second-order valence-electron chi connectivity index (χ2n) is 4.17. The van der Waals surface area contributed by atoms with Crippen molar-refractivity contribution in [2.45, 2.75) is 23.9 Å². The molecule has 1 aliphatic rings. The molecule has 0 spiro atoms. The molecule has 0 amide bonds. The van der Waals surface area contributed by atoms with E-state index >= 15 is 0 Å². The minimum atomic E-state index is -0.799. The van der Waals surface area contributed by atoms with Crippen molar-refractivity contribution >= 4 is 17.7 Å². The molecule has 5 heteroatoms. The second-order valence-corrected chi connectivity index (χ2v) is 5.34. The molecule has 92 valence electrons. The first-order chi connectivity index (χ1) is 8.16. The van der Waals surface area contributed by atoms with Gasteiger partial charge in [-0.3, -0.25) is 10.1 Å². The van der Waals surface area contributed by atoms with Crippen molar-refractivity contribution in [2.24, 2.45) is 5.73 Å². The molecule has 0 saturated carbocycles. The zero-order valence-electron chi connectivity index (χ0n) is 9.37. The quantitative estimate of drug-likeness (QED) is 0.734. The summed E-state index contributed by atoms with van der Waals surface area (Å²) in [5.41, 5.74) is 7.28. The average Bonchev–Trinajstić information content (AvgIpc) is 2.79. The van der Waals surface area contributed by atoms with Gasteiger partial charge in [-0.1, -0.05) is 30.3 Å². The molecule has 1 aromatic rings. The summed E-state index contributed by atoms with van der Waals surface area (Å²) in [7, 11) is 0. The normalized spacial score (nSPS) is 25.7. The highest BCUT2D eigenvalue weighted by Crippen LogP contribution is 2.22. The maximum absolute atomic E-state index is 10.8. The van der Waals surface area contributed by atoms with Crippen LogP contribution in [0.1, 0.15) is 5.56 Å². The molecule has 0 aliphatic carbocycles. The molecule has 0 bridgehead atoms. The molecular weight excluding hydrogens is 236 g/mol. The van der Waals surface area contributed by atoms with E-state index in [0.29, 0.717) is 5.75 Å². The third-order valence-corrected chi connectivity index (χ3v) is 4.18. The van der Waals surface area contributed by atoms with Crippen molar-refractivity contribution in [3.8, 4) is 0 Å². The number of rotatable bonds is 4. The monoisotopic (exact) mass is 252 g/mol. The summed E-state index contributed by atoms with van der Waals surface area (Å²) >= 11 is 1.59. The third kappa shape index (κ3) is 3.21. The van der Waals surface area contributed by atoms with Crippen LogP contribution in [0.15, 0.2) is 30.3 Å². The summed E-state index contributed by atoms with van der Waals surface area (Å²) in [5, 5.41) is 12.0. The van der Waals surface area contributed by atoms with Crippen molar-refractivity contribution < 1.29 is 9.90 Å². The van der Waals surface area contributed by atoms with E-state index in [2.05, 4.69) is 5.32 Å². The van der Waals surface area contributed by atoms with Gasteiger partial charge in [0, 0.05) is 11.8 Å². The van der Waals surface area contributed by atoms with Gasteiger partial charge in [-0.05, 0) is 12.0 Å². The summed E-state index contributed by atoms with van der Waals surface area (Å²) in [5.74, 6) is -0.213. The highest BCUT2D eigenvalue weighted by molar-refractivity contribution is 8.00. The highest BCUT2D eigenvalue weighted by Gasteiger charge is 2.32. The molecule has 17 heavy (non-hydrogen) atoms. The molecule has 4 N–H and O–H groups in total. The zero-order valence-corrected chi connectivity index (χ0v) is 10.2. The Hall–Kier alpha value is -1.04. The SMILES string of the molecule is N[C@@H](Cc1ccccc1)C1N[C@H](C(=O)O)CS1. The molecule has 1 saturated heterocycles. The molecule has 1 fully saturated rings. The number of nitrogens with two attached hydrogens (primary N) is 1. The molecule has 2 rings (SSSR count). The summed E-state index contributed by atoms with van der Waals surface area (Å²) in [4.78, 5) is 10.8. The van der Waals surface area contributed by atoms with Crippen LogP contribution in [0.4, 0.5) is 0 Å².